The van der Waals surface area contributed by atoms with Gasteiger partial charge in [0.05, 0.1) is 11.4 Å². The number of nitrogens with zero attached hydrogens (tertiary/aromatic N) is 2. The molecule has 3 heteroatoms. The highest BCUT2D eigenvalue weighted by Gasteiger charge is 2.23. The van der Waals surface area contributed by atoms with Gasteiger partial charge < -0.3 is 10.6 Å². The van der Waals surface area contributed by atoms with Gasteiger partial charge in [-0.05, 0) is 31.4 Å². The summed E-state index contributed by atoms with van der Waals surface area (Å²) in [6.07, 6.45) is 7.56. The van der Waals surface area contributed by atoms with Crippen LogP contribution in [0.5, 0.6) is 0 Å². The third-order valence-corrected chi connectivity index (χ3v) is 3.84. The maximum absolute atomic E-state index is 6.27. The summed E-state index contributed by atoms with van der Waals surface area (Å²) in [6, 6.07) is 6.86. The van der Waals surface area contributed by atoms with Crippen molar-refractivity contribution in [1.82, 2.24) is 4.98 Å². The van der Waals surface area contributed by atoms with E-state index < -0.39 is 0 Å². The number of anilines is 2. The van der Waals surface area contributed by atoms with E-state index in [1.54, 1.807) is 6.20 Å². The van der Waals surface area contributed by atoms with Crippen molar-refractivity contribution in [2.45, 2.75) is 25.3 Å². The fraction of sp³-hybridized carbons (Fsp3) is 0.357. The van der Waals surface area contributed by atoms with Gasteiger partial charge >= 0.3 is 0 Å². The van der Waals surface area contributed by atoms with Gasteiger partial charge in [-0.1, -0.05) is 6.07 Å². The largest absolute Gasteiger partial charge is 0.397 e. The molecule has 2 aromatic rings. The van der Waals surface area contributed by atoms with Crippen molar-refractivity contribution in [3.8, 4) is 0 Å². The molecule has 2 N–H and O–H groups in total. The molecular formula is C14H17N3. The molecule has 0 radical (unpaired) electrons. The molecule has 0 saturated heterocycles. The molecule has 1 aliphatic rings. The van der Waals surface area contributed by atoms with E-state index in [4.69, 9.17) is 5.73 Å². The first-order valence-corrected chi connectivity index (χ1v) is 6.12. The molecule has 17 heavy (non-hydrogen) atoms. The summed E-state index contributed by atoms with van der Waals surface area (Å²) in [4.78, 5) is 6.44. The third kappa shape index (κ3) is 1.62. The van der Waals surface area contributed by atoms with Gasteiger partial charge in [0.2, 0.25) is 0 Å². The van der Waals surface area contributed by atoms with Crippen LogP contribution in [0.1, 0.15) is 19.3 Å². The summed E-state index contributed by atoms with van der Waals surface area (Å²) >= 11 is 0. The highest BCUT2D eigenvalue weighted by molar-refractivity contribution is 5.98. The number of aromatic nitrogens is 1. The van der Waals surface area contributed by atoms with Crippen LogP contribution >= 0.6 is 0 Å². The van der Waals surface area contributed by atoms with E-state index in [0.29, 0.717) is 6.04 Å². The molecule has 1 aliphatic carbocycles. The minimum atomic E-state index is 0.664. The van der Waals surface area contributed by atoms with Gasteiger partial charge in [0.1, 0.15) is 0 Å². The maximum Gasteiger partial charge on any atom is 0.0632 e. The van der Waals surface area contributed by atoms with Crippen LogP contribution in [-0.4, -0.2) is 18.1 Å². The van der Waals surface area contributed by atoms with E-state index in [1.807, 2.05) is 12.3 Å². The fourth-order valence-electron chi connectivity index (χ4n) is 2.46. The van der Waals surface area contributed by atoms with E-state index in [1.165, 1.54) is 19.3 Å². The Morgan fingerprint density at radius 2 is 2.12 bits per heavy atom. The molecule has 88 valence electrons. The summed E-state index contributed by atoms with van der Waals surface area (Å²) in [5, 5.41) is 2.21. The van der Waals surface area contributed by atoms with E-state index >= 15 is 0 Å². The van der Waals surface area contributed by atoms with E-state index in [2.05, 4.69) is 29.1 Å². The number of nitrogens with two attached hydrogens (primary N) is 1. The summed E-state index contributed by atoms with van der Waals surface area (Å²) in [5.74, 6) is 0. The minimum absolute atomic E-state index is 0.664. The van der Waals surface area contributed by atoms with E-state index in [0.717, 1.165) is 22.1 Å². The van der Waals surface area contributed by atoms with Gasteiger partial charge in [-0.3, -0.25) is 4.98 Å². The number of hydrogen-bond acceptors (Lipinski definition) is 3. The molecule has 0 atom stereocenters. The monoisotopic (exact) mass is 227 g/mol. The lowest BCUT2D eigenvalue weighted by Crippen LogP contribution is -2.37. The molecule has 3 rings (SSSR count). The molecule has 0 aliphatic heterocycles. The van der Waals surface area contributed by atoms with Gasteiger partial charge in [-0.2, -0.15) is 0 Å². The second kappa shape index (κ2) is 3.91. The van der Waals surface area contributed by atoms with Crippen molar-refractivity contribution in [3.63, 3.8) is 0 Å². The Hall–Kier alpha value is -1.77. The number of hydrogen-bond donors (Lipinski definition) is 1. The Bertz CT molecular complexity index is 546. The lowest BCUT2D eigenvalue weighted by Gasteiger charge is -2.37. The Balaban J connectivity index is 2.07. The first-order chi connectivity index (χ1) is 8.27. The van der Waals surface area contributed by atoms with Crippen LogP contribution in [-0.2, 0) is 0 Å². The lowest BCUT2D eigenvalue weighted by molar-refractivity contribution is 0.401. The third-order valence-electron chi connectivity index (χ3n) is 3.84. The van der Waals surface area contributed by atoms with Crippen molar-refractivity contribution < 1.29 is 0 Å². The molecule has 1 saturated carbocycles. The highest BCUT2D eigenvalue weighted by Crippen LogP contribution is 2.35. The molecule has 0 unspecified atom stereocenters. The number of pyridine rings is 1. The van der Waals surface area contributed by atoms with Crippen molar-refractivity contribution in [3.05, 3.63) is 30.6 Å². The summed E-state index contributed by atoms with van der Waals surface area (Å²) in [6.45, 7) is 0. The Morgan fingerprint density at radius 1 is 1.29 bits per heavy atom. The molecule has 0 amide bonds. The van der Waals surface area contributed by atoms with Gasteiger partial charge in [-0.15, -0.1) is 0 Å². The van der Waals surface area contributed by atoms with Gasteiger partial charge in [-0.25, -0.2) is 0 Å². The molecule has 0 spiro atoms. The number of fused-ring (bicyclic) bond motifs is 1. The standard InChI is InChI=1S/C14H17N3/c1-17(11-3-2-4-11)13-6-5-10-9-16-8-7-12(10)14(13)15/h5-9,11H,2-4,15H2,1H3. The lowest BCUT2D eigenvalue weighted by atomic mass is 9.91. The first-order valence-electron chi connectivity index (χ1n) is 6.12. The maximum atomic E-state index is 6.27. The van der Waals surface area contributed by atoms with Gasteiger partial charge in [0.25, 0.3) is 0 Å². The predicted octanol–water partition coefficient (Wildman–Crippen LogP) is 2.81. The molecule has 1 aromatic carbocycles. The van der Waals surface area contributed by atoms with Crippen molar-refractivity contribution in [2.75, 3.05) is 17.7 Å². The second-order valence-corrected chi connectivity index (χ2v) is 4.79. The Labute approximate surface area is 101 Å². The number of nitrogen functional groups attached to an aromatic ring is 1. The quantitative estimate of drug-likeness (QED) is 0.802. The summed E-state index contributed by atoms with van der Waals surface area (Å²) < 4.78 is 0. The summed E-state index contributed by atoms with van der Waals surface area (Å²) in [7, 11) is 2.14. The van der Waals surface area contributed by atoms with Crippen LogP contribution in [0.15, 0.2) is 30.6 Å². The zero-order valence-electron chi connectivity index (χ0n) is 10.1. The zero-order valence-corrected chi connectivity index (χ0v) is 10.1. The van der Waals surface area contributed by atoms with Crippen molar-refractivity contribution >= 4 is 22.1 Å². The van der Waals surface area contributed by atoms with Crippen LogP contribution in [0.4, 0.5) is 11.4 Å². The SMILES string of the molecule is CN(c1ccc2cnccc2c1N)C1CCC1. The molecule has 3 nitrogen and oxygen atoms in total. The summed E-state index contributed by atoms with van der Waals surface area (Å²) in [5.41, 5.74) is 8.29. The van der Waals surface area contributed by atoms with Crippen LogP contribution in [0.25, 0.3) is 10.8 Å². The zero-order chi connectivity index (χ0) is 11.8. The molecule has 1 heterocycles. The average molecular weight is 227 g/mol. The Morgan fingerprint density at radius 3 is 2.82 bits per heavy atom. The van der Waals surface area contributed by atoms with Gasteiger partial charge in [0, 0.05) is 36.3 Å². The van der Waals surface area contributed by atoms with E-state index in [9.17, 15) is 0 Å². The van der Waals surface area contributed by atoms with Crippen LogP contribution in [0.2, 0.25) is 0 Å². The topological polar surface area (TPSA) is 42.2 Å². The van der Waals surface area contributed by atoms with Crippen LogP contribution in [0, 0.1) is 0 Å². The second-order valence-electron chi connectivity index (χ2n) is 4.79. The minimum Gasteiger partial charge on any atom is -0.397 e. The van der Waals surface area contributed by atoms with Crippen molar-refractivity contribution in [1.29, 1.82) is 0 Å². The first kappa shape index (κ1) is 10.4. The van der Waals surface area contributed by atoms with E-state index in [-0.39, 0.29) is 0 Å². The molecule has 1 fully saturated rings. The highest BCUT2D eigenvalue weighted by atomic mass is 15.1. The van der Waals surface area contributed by atoms with Crippen molar-refractivity contribution in [2.24, 2.45) is 0 Å². The predicted molar refractivity (Wildman–Crippen MR) is 72.2 cm³/mol. The number of rotatable bonds is 2. The Kier molecular flexibility index (Phi) is 2.39. The molecular weight excluding hydrogens is 210 g/mol. The molecule has 0 bridgehead atoms. The van der Waals surface area contributed by atoms with Crippen LogP contribution < -0.4 is 10.6 Å². The fourth-order valence-corrected chi connectivity index (χ4v) is 2.46. The average Bonchev–Trinajstić information content (AvgIpc) is 2.27. The normalized spacial score (nSPS) is 15.8. The molecule has 1 aromatic heterocycles. The smallest absolute Gasteiger partial charge is 0.0632 e. The number of benzene rings is 1. The van der Waals surface area contributed by atoms with Gasteiger partial charge in [0.15, 0.2) is 0 Å². The van der Waals surface area contributed by atoms with Crippen LogP contribution in [0.3, 0.4) is 0 Å².